The van der Waals surface area contributed by atoms with Gasteiger partial charge in [-0.2, -0.15) is 0 Å². The molecule has 1 aliphatic rings. The van der Waals surface area contributed by atoms with Crippen LogP contribution < -0.4 is 0 Å². The lowest BCUT2D eigenvalue weighted by atomic mass is 10.1. The van der Waals surface area contributed by atoms with E-state index in [1.54, 1.807) is 0 Å². The molecule has 0 saturated carbocycles. The van der Waals surface area contributed by atoms with Crippen molar-refractivity contribution in [3.05, 3.63) is 23.3 Å². The van der Waals surface area contributed by atoms with Crippen LogP contribution >= 0.6 is 0 Å². The summed E-state index contributed by atoms with van der Waals surface area (Å²) >= 11 is 0. The van der Waals surface area contributed by atoms with Crippen molar-refractivity contribution in [3.8, 4) is 0 Å². The molecule has 0 amide bonds. The van der Waals surface area contributed by atoms with E-state index >= 15 is 0 Å². The van der Waals surface area contributed by atoms with E-state index in [0.29, 0.717) is 6.42 Å². The fourth-order valence-electron chi connectivity index (χ4n) is 3.12. The quantitative estimate of drug-likeness (QED) is 0.684. The Balaban J connectivity index is 1.89. The van der Waals surface area contributed by atoms with Gasteiger partial charge >= 0.3 is 0 Å². The number of hydrogen-bond acceptors (Lipinski definition) is 5. The standard InChI is InChI=1S/C18H30N2O3/c1-3-4-5-6-7-8-9-14-10-15(20-13(2)19-14)17-11-16(22)18(12-21)23-17/h10,16-18,21-22H,3-9,11-12H2,1-2H3/t16-,17-,18+/m0/s1. The van der Waals surface area contributed by atoms with E-state index in [1.165, 1.54) is 32.1 Å². The number of aromatic nitrogens is 2. The smallest absolute Gasteiger partial charge is 0.125 e. The second kappa shape index (κ2) is 9.30. The Labute approximate surface area is 139 Å². The molecule has 1 aromatic heterocycles. The average Bonchev–Trinajstić information content (AvgIpc) is 2.91. The molecule has 1 aromatic rings. The minimum Gasteiger partial charge on any atom is -0.394 e. The minimum atomic E-state index is -0.623. The van der Waals surface area contributed by atoms with Gasteiger partial charge in [-0.15, -0.1) is 0 Å². The van der Waals surface area contributed by atoms with Crippen LogP contribution in [0.2, 0.25) is 0 Å². The van der Waals surface area contributed by atoms with Gasteiger partial charge in [-0.05, 0) is 25.8 Å². The first-order chi connectivity index (χ1) is 11.1. The second-order valence-electron chi connectivity index (χ2n) is 6.50. The molecule has 5 heteroatoms. The molecule has 23 heavy (non-hydrogen) atoms. The van der Waals surface area contributed by atoms with Crippen molar-refractivity contribution in [1.29, 1.82) is 0 Å². The fourth-order valence-corrected chi connectivity index (χ4v) is 3.12. The van der Waals surface area contributed by atoms with Gasteiger partial charge in [0, 0.05) is 12.1 Å². The molecule has 2 heterocycles. The Morgan fingerprint density at radius 1 is 1.17 bits per heavy atom. The van der Waals surface area contributed by atoms with Gasteiger partial charge in [0.2, 0.25) is 0 Å². The summed E-state index contributed by atoms with van der Waals surface area (Å²) in [5.41, 5.74) is 1.88. The van der Waals surface area contributed by atoms with Crippen molar-refractivity contribution >= 4 is 0 Å². The highest BCUT2D eigenvalue weighted by Gasteiger charge is 2.35. The van der Waals surface area contributed by atoms with Gasteiger partial charge in [0.25, 0.3) is 0 Å². The molecule has 0 aromatic carbocycles. The number of aliphatic hydroxyl groups is 2. The maximum atomic E-state index is 9.88. The number of rotatable bonds is 9. The number of ether oxygens (including phenoxy) is 1. The van der Waals surface area contributed by atoms with E-state index in [0.717, 1.165) is 30.1 Å². The maximum Gasteiger partial charge on any atom is 0.125 e. The first-order valence-electron chi connectivity index (χ1n) is 8.93. The van der Waals surface area contributed by atoms with Gasteiger partial charge in [-0.1, -0.05) is 39.0 Å². The average molecular weight is 322 g/mol. The molecular formula is C18H30N2O3. The van der Waals surface area contributed by atoms with Crippen molar-refractivity contribution in [2.45, 2.75) is 83.5 Å². The van der Waals surface area contributed by atoms with Crippen LogP contribution in [0.1, 0.15) is 75.2 Å². The molecule has 130 valence electrons. The Hall–Kier alpha value is -1.04. The third-order valence-corrected chi connectivity index (χ3v) is 4.43. The molecule has 3 atom stereocenters. The van der Waals surface area contributed by atoms with Gasteiger partial charge in [0.15, 0.2) is 0 Å². The summed E-state index contributed by atoms with van der Waals surface area (Å²) in [5, 5.41) is 19.1. The van der Waals surface area contributed by atoms with Crippen molar-refractivity contribution in [2.24, 2.45) is 0 Å². The maximum absolute atomic E-state index is 9.88. The third kappa shape index (κ3) is 5.52. The van der Waals surface area contributed by atoms with Gasteiger partial charge < -0.3 is 14.9 Å². The molecule has 1 saturated heterocycles. The Morgan fingerprint density at radius 2 is 1.91 bits per heavy atom. The van der Waals surface area contributed by atoms with E-state index < -0.39 is 12.2 Å². The van der Waals surface area contributed by atoms with Crippen LogP contribution in [0.5, 0.6) is 0 Å². The zero-order chi connectivity index (χ0) is 16.7. The van der Waals surface area contributed by atoms with Crippen molar-refractivity contribution in [2.75, 3.05) is 6.61 Å². The van der Waals surface area contributed by atoms with Crippen molar-refractivity contribution in [1.82, 2.24) is 9.97 Å². The summed E-state index contributed by atoms with van der Waals surface area (Å²) in [6.45, 7) is 3.96. The molecule has 0 aliphatic carbocycles. The van der Waals surface area contributed by atoms with E-state index in [2.05, 4.69) is 16.9 Å². The number of nitrogens with zero attached hydrogens (tertiary/aromatic N) is 2. The summed E-state index contributed by atoms with van der Waals surface area (Å²) < 4.78 is 5.70. The van der Waals surface area contributed by atoms with Crippen LogP contribution in [0.15, 0.2) is 6.07 Å². The Morgan fingerprint density at radius 3 is 2.61 bits per heavy atom. The Bertz CT molecular complexity index is 481. The molecule has 0 radical (unpaired) electrons. The highest BCUT2D eigenvalue weighted by molar-refractivity contribution is 5.15. The molecule has 2 N–H and O–H groups in total. The van der Waals surface area contributed by atoms with Crippen LogP contribution in [0.4, 0.5) is 0 Å². The van der Waals surface area contributed by atoms with Crippen LogP contribution in [-0.4, -0.2) is 39.0 Å². The predicted octanol–water partition coefficient (Wildman–Crippen LogP) is 2.87. The topological polar surface area (TPSA) is 75.5 Å². The lowest BCUT2D eigenvalue weighted by Gasteiger charge is -2.13. The molecule has 0 bridgehead atoms. The highest BCUT2D eigenvalue weighted by atomic mass is 16.5. The van der Waals surface area contributed by atoms with Gasteiger partial charge in [0.1, 0.15) is 18.0 Å². The number of aryl methyl sites for hydroxylation is 2. The predicted molar refractivity (Wildman–Crippen MR) is 89.2 cm³/mol. The van der Waals surface area contributed by atoms with Crippen molar-refractivity contribution in [3.63, 3.8) is 0 Å². The molecule has 0 unspecified atom stereocenters. The first kappa shape index (κ1) is 18.3. The van der Waals surface area contributed by atoms with Gasteiger partial charge in [0.05, 0.1) is 18.4 Å². The molecule has 2 rings (SSSR count). The highest BCUT2D eigenvalue weighted by Crippen LogP contribution is 2.32. The number of hydrogen-bond donors (Lipinski definition) is 2. The molecular weight excluding hydrogens is 292 g/mol. The zero-order valence-corrected chi connectivity index (χ0v) is 14.4. The van der Waals surface area contributed by atoms with Crippen LogP contribution in [0, 0.1) is 6.92 Å². The zero-order valence-electron chi connectivity index (χ0n) is 14.4. The fraction of sp³-hybridized carbons (Fsp3) is 0.778. The number of aliphatic hydroxyl groups excluding tert-OH is 2. The van der Waals surface area contributed by atoms with Gasteiger partial charge in [-0.25, -0.2) is 9.97 Å². The second-order valence-corrected chi connectivity index (χ2v) is 6.50. The lowest BCUT2D eigenvalue weighted by Crippen LogP contribution is -2.24. The summed E-state index contributed by atoms with van der Waals surface area (Å²) in [4.78, 5) is 8.98. The van der Waals surface area contributed by atoms with E-state index in [1.807, 2.05) is 13.0 Å². The van der Waals surface area contributed by atoms with Crippen molar-refractivity contribution < 1.29 is 14.9 Å². The summed E-state index contributed by atoms with van der Waals surface area (Å²) in [6, 6.07) is 2.00. The first-order valence-corrected chi connectivity index (χ1v) is 8.93. The summed E-state index contributed by atoms with van der Waals surface area (Å²) in [7, 11) is 0. The minimum absolute atomic E-state index is 0.160. The van der Waals surface area contributed by atoms with E-state index in [4.69, 9.17) is 4.74 Å². The van der Waals surface area contributed by atoms with Crippen LogP contribution in [-0.2, 0) is 11.2 Å². The van der Waals surface area contributed by atoms with E-state index in [-0.39, 0.29) is 12.7 Å². The van der Waals surface area contributed by atoms with Crippen LogP contribution in [0.3, 0.4) is 0 Å². The summed E-state index contributed by atoms with van der Waals surface area (Å²) in [5.74, 6) is 0.744. The summed E-state index contributed by atoms with van der Waals surface area (Å²) in [6.07, 6.45) is 7.67. The third-order valence-electron chi connectivity index (χ3n) is 4.43. The molecule has 0 spiro atoms. The molecule has 5 nitrogen and oxygen atoms in total. The lowest BCUT2D eigenvalue weighted by molar-refractivity contribution is -0.0236. The van der Waals surface area contributed by atoms with E-state index in [9.17, 15) is 10.2 Å². The molecule has 1 fully saturated rings. The molecule has 1 aliphatic heterocycles. The monoisotopic (exact) mass is 322 g/mol. The normalized spacial score (nSPS) is 24.3. The SMILES string of the molecule is CCCCCCCCc1cc([C@@H]2C[C@H](O)[C@@H](CO)O2)nc(C)n1. The van der Waals surface area contributed by atoms with Crippen LogP contribution in [0.25, 0.3) is 0 Å². The van der Waals surface area contributed by atoms with Gasteiger partial charge in [-0.3, -0.25) is 0 Å². The largest absolute Gasteiger partial charge is 0.394 e. The number of unbranched alkanes of at least 4 members (excludes halogenated alkanes) is 5. The Kier molecular flexibility index (Phi) is 7.40.